The van der Waals surface area contributed by atoms with E-state index >= 15 is 0 Å². The molecule has 1 heterocycles. The monoisotopic (exact) mass is 393 g/mol. The van der Waals surface area contributed by atoms with E-state index in [0.29, 0.717) is 5.92 Å². The van der Waals surface area contributed by atoms with Crippen molar-refractivity contribution in [1.82, 2.24) is 10.2 Å². The lowest BCUT2D eigenvalue weighted by Gasteiger charge is -2.33. The Morgan fingerprint density at radius 3 is 2.32 bits per heavy atom. The van der Waals surface area contributed by atoms with Gasteiger partial charge in [-0.05, 0) is 42.9 Å². The fourth-order valence-corrected chi connectivity index (χ4v) is 3.01. The van der Waals surface area contributed by atoms with Gasteiger partial charge >= 0.3 is 0 Å². The number of hydrogen-bond donors (Lipinski definition) is 2. The SMILES string of the molecule is CC(C)C[C@H](N)C(=O)NC1CCN(Cc2ccc(F)cc2)CC1.Cl.Cl. The zero-order chi connectivity index (χ0) is 16.8. The van der Waals surface area contributed by atoms with Crippen LogP contribution in [0.25, 0.3) is 0 Å². The fraction of sp³-hybridized carbons (Fsp3) is 0.611. The van der Waals surface area contributed by atoms with Crippen LogP contribution in [0.2, 0.25) is 0 Å². The number of benzene rings is 1. The summed E-state index contributed by atoms with van der Waals surface area (Å²) in [6, 6.07) is 6.46. The minimum absolute atomic E-state index is 0. The van der Waals surface area contributed by atoms with Gasteiger partial charge in [0.2, 0.25) is 5.91 Å². The Balaban J connectivity index is 0.00000288. The van der Waals surface area contributed by atoms with Gasteiger partial charge in [-0.1, -0.05) is 26.0 Å². The molecule has 0 spiro atoms. The largest absolute Gasteiger partial charge is 0.352 e. The number of likely N-dealkylation sites (tertiary alicyclic amines) is 1. The van der Waals surface area contributed by atoms with E-state index in [2.05, 4.69) is 24.1 Å². The van der Waals surface area contributed by atoms with Crippen LogP contribution in [0.3, 0.4) is 0 Å². The molecular weight excluding hydrogens is 364 g/mol. The maximum absolute atomic E-state index is 12.9. The molecule has 4 nitrogen and oxygen atoms in total. The smallest absolute Gasteiger partial charge is 0.237 e. The maximum Gasteiger partial charge on any atom is 0.237 e. The number of hydrogen-bond acceptors (Lipinski definition) is 3. The van der Waals surface area contributed by atoms with Gasteiger partial charge in [0.15, 0.2) is 0 Å². The zero-order valence-corrected chi connectivity index (χ0v) is 16.5. The van der Waals surface area contributed by atoms with Crippen molar-refractivity contribution in [2.24, 2.45) is 11.7 Å². The second-order valence-corrected chi connectivity index (χ2v) is 6.92. The molecule has 2 rings (SSSR count). The number of nitrogens with one attached hydrogen (secondary N) is 1. The lowest BCUT2D eigenvalue weighted by Crippen LogP contribution is -2.49. The van der Waals surface area contributed by atoms with Crippen LogP contribution in [0, 0.1) is 11.7 Å². The highest BCUT2D eigenvalue weighted by Gasteiger charge is 2.23. The van der Waals surface area contributed by atoms with Gasteiger partial charge in [0, 0.05) is 25.7 Å². The van der Waals surface area contributed by atoms with Crippen molar-refractivity contribution in [3.8, 4) is 0 Å². The predicted octanol–water partition coefficient (Wildman–Crippen LogP) is 3.12. The van der Waals surface area contributed by atoms with Gasteiger partial charge in [0.25, 0.3) is 0 Å². The minimum Gasteiger partial charge on any atom is -0.352 e. The second kappa shape index (κ2) is 11.7. The van der Waals surface area contributed by atoms with Crippen molar-refractivity contribution < 1.29 is 9.18 Å². The number of carbonyl (C=O) groups excluding carboxylic acids is 1. The minimum atomic E-state index is -0.410. The van der Waals surface area contributed by atoms with E-state index in [4.69, 9.17) is 5.73 Å². The number of nitrogens with two attached hydrogens (primary N) is 1. The van der Waals surface area contributed by atoms with Crippen LogP contribution < -0.4 is 11.1 Å². The lowest BCUT2D eigenvalue weighted by atomic mass is 10.0. The van der Waals surface area contributed by atoms with Gasteiger partial charge in [-0.15, -0.1) is 24.8 Å². The average molecular weight is 394 g/mol. The van der Waals surface area contributed by atoms with Crippen LogP contribution >= 0.6 is 24.8 Å². The number of amides is 1. The van der Waals surface area contributed by atoms with E-state index in [1.807, 2.05) is 12.1 Å². The summed E-state index contributed by atoms with van der Waals surface area (Å²) in [4.78, 5) is 14.4. The first kappa shape index (κ1) is 24.1. The normalized spacial score (nSPS) is 16.7. The molecule has 25 heavy (non-hydrogen) atoms. The third-order valence-electron chi connectivity index (χ3n) is 4.32. The van der Waals surface area contributed by atoms with E-state index in [-0.39, 0.29) is 42.6 Å². The Kier molecular flexibility index (Phi) is 11.3. The van der Waals surface area contributed by atoms with Crippen molar-refractivity contribution >= 4 is 30.7 Å². The molecular formula is C18H30Cl2FN3O. The summed E-state index contributed by atoms with van der Waals surface area (Å²) in [5.74, 6) is 0.192. The highest BCUT2D eigenvalue weighted by molar-refractivity contribution is 5.85. The number of carbonyl (C=O) groups is 1. The van der Waals surface area contributed by atoms with Gasteiger partial charge in [-0.3, -0.25) is 9.69 Å². The Bertz CT molecular complexity index is 506. The molecule has 0 unspecified atom stereocenters. The number of halogens is 3. The zero-order valence-electron chi connectivity index (χ0n) is 14.9. The molecule has 0 saturated carbocycles. The highest BCUT2D eigenvalue weighted by atomic mass is 35.5. The van der Waals surface area contributed by atoms with E-state index in [9.17, 15) is 9.18 Å². The molecule has 0 radical (unpaired) electrons. The third kappa shape index (κ3) is 8.36. The van der Waals surface area contributed by atoms with Crippen LogP contribution in [0.15, 0.2) is 24.3 Å². The molecule has 1 aliphatic heterocycles. The molecule has 1 amide bonds. The number of nitrogens with zero attached hydrogens (tertiary/aromatic N) is 1. The van der Waals surface area contributed by atoms with Crippen molar-refractivity contribution in [2.75, 3.05) is 13.1 Å². The molecule has 1 atom stereocenters. The predicted molar refractivity (Wildman–Crippen MR) is 105 cm³/mol. The van der Waals surface area contributed by atoms with Crippen LogP contribution in [0.1, 0.15) is 38.7 Å². The van der Waals surface area contributed by atoms with Gasteiger partial charge in [-0.25, -0.2) is 4.39 Å². The first-order valence-electron chi connectivity index (χ1n) is 8.47. The molecule has 0 aromatic heterocycles. The van der Waals surface area contributed by atoms with E-state index in [1.165, 1.54) is 12.1 Å². The van der Waals surface area contributed by atoms with Gasteiger partial charge in [0.05, 0.1) is 6.04 Å². The van der Waals surface area contributed by atoms with Crippen LogP contribution in [-0.4, -0.2) is 36.0 Å². The topological polar surface area (TPSA) is 58.4 Å². The molecule has 1 aromatic rings. The van der Waals surface area contributed by atoms with Crippen molar-refractivity contribution in [2.45, 2.75) is 51.7 Å². The molecule has 1 aromatic carbocycles. The van der Waals surface area contributed by atoms with Crippen molar-refractivity contribution in [3.05, 3.63) is 35.6 Å². The lowest BCUT2D eigenvalue weighted by molar-refractivity contribution is -0.123. The fourth-order valence-electron chi connectivity index (χ4n) is 3.01. The number of piperidine rings is 1. The standard InChI is InChI=1S/C18H28FN3O.2ClH/c1-13(2)11-17(20)18(23)21-16-7-9-22(10-8-16)12-14-3-5-15(19)6-4-14;;/h3-6,13,16-17H,7-12,20H2,1-2H3,(H,21,23);2*1H/t17-;;/m0../s1. The first-order valence-corrected chi connectivity index (χ1v) is 8.47. The number of rotatable bonds is 6. The Hall–Kier alpha value is -0.880. The summed E-state index contributed by atoms with van der Waals surface area (Å²) >= 11 is 0. The molecule has 0 bridgehead atoms. The molecule has 1 saturated heterocycles. The molecule has 0 aliphatic carbocycles. The maximum atomic E-state index is 12.9. The van der Waals surface area contributed by atoms with Crippen LogP contribution in [0.4, 0.5) is 4.39 Å². The summed E-state index contributed by atoms with van der Waals surface area (Å²) in [7, 11) is 0. The molecule has 1 aliphatic rings. The van der Waals surface area contributed by atoms with Crippen molar-refractivity contribution in [3.63, 3.8) is 0 Å². The van der Waals surface area contributed by atoms with Gasteiger partial charge in [0.1, 0.15) is 5.82 Å². The van der Waals surface area contributed by atoms with Crippen LogP contribution in [0.5, 0.6) is 0 Å². The quantitative estimate of drug-likeness (QED) is 0.780. The third-order valence-corrected chi connectivity index (χ3v) is 4.32. The Morgan fingerprint density at radius 1 is 1.24 bits per heavy atom. The Labute approximate surface area is 162 Å². The summed E-state index contributed by atoms with van der Waals surface area (Å²) in [6.07, 6.45) is 2.58. The first-order chi connectivity index (χ1) is 10.9. The summed E-state index contributed by atoms with van der Waals surface area (Å²) in [5.41, 5.74) is 7.04. The van der Waals surface area contributed by atoms with E-state index in [0.717, 1.165) is 44.5 Å². The summed E-state index contributed by atoms with van der Waals surface area (Å²) < 4.78 is 12.9. The highest BCUT2D eigenvalue weighted by Crippen LogP contribution is 2.15. The van der Waals surface area contributed by atoms with Crippen LogP contribution in [-0.2, 0) is 11.3 Å². The molecule has 3 N–H and O–H groups in total. The van der Waals surface area contributed by atoms with Gasteiger partial charge < -0.3 is 11.1 Å². The molecule has 1 fully saturated rings. The average Bonchev–Trinajstić information content (AvgIpc) is 2.51. The van der Waals surface area contributed by atoms with Gasteiger partial charge in [-0.2, -0.15) is 0 Å². The second-order valence-electron chi connectivity index (χ2n) is 6.92. The Morgan fingerprint density at radius 2 is 1.80 bits per heavy atom. The molecule has 7 heteroatoms. The summed E-state index contributed by atoms with van der Waals surface area (Å²) in [6.45, 7) is 6.83. The molecule has 144 valence electrons. The summed E-state index contributed by atoms with van der Waals surface area (Å²) in [5, 5.41) is 3.08. The van der Waals surface area contributed by atoms with E-state index in [1.54, 1.807) is 0 Å². The van der Waals surface area contributed by atoms with Crippen molar-refractivity contribution in [1.29, 1.82) is 0 Å². The van der Waals surface area contributed by atoms with E-state index < -0.39 is 6.04 Å².